The summed E-state index contributed by atoms with van der Waals surface area (Å²) < 4.78 is 11.8. The molecule has 230 valence electrons. The van der Waals surface area contributed by atoms with Crippen molar-refractivity contribution >= 4 is 78.2 Å². The summed E-state index contributed by atoms with van der Waals surface area (Å²) in [4.78, 5) is 17.4. The van der Waals surface area contributed by atoms with Crippen LogP contribution in [0.5, 0.6) is 11.5 Å². The van der Waals surface area contributed by atoms with Gasteiger partial charge in [0.05, 0.1) is 36.0 Å². The summed E-state index contributed by atoms with van der Waals surface area (Å²) in [6.07, 6.45) is 10.2. The first-order valence-electron chi connectivity index (χ1n) is 15.4. The number of rotatable bonds is 10. The van der Waals surface area contributed by atoms with E-state index in [4.69, 9.17) is 19.4 Å². The van der Waals surface area contributed by atoms with Crippen molar-refractivity contribution in [2.45, 2.75) is 12.8 Å². The number of halogens is 2. The van der Waals surface area contributed by atoms with E-state index in [0.29, 0.717) is 13.2 Å². The maximum absolute atomic E-state index is 5.90. The zero-order chi connectivity index (χ0) is 31.3. The summed E-state index contributed by atoms with van der Waals surface area (Å²) in [5, 5.41) is 1.84. The number of alkyl halides is 2. The molecule has 0 fully saturated rings. The second-order valence-corrected chi connectivity index (χ2v) is 12.6. The molecule has 7 rings (SSSR count). The second kappa shape index (κ2) is 13.9. The Morgan fingerprint density at radius 2 is 0.978 bits per heavy atom. The fourth-order valence-corrected chi connectivity index (χ4v) is 6.06. The molecule has 2 aromatic carbocycles. The molecule has 46 heavy (non-hydrogen) atoms. The monoisotopic (exact) mass is 734 g/mol. The van der Waals surface area contributed by atoms with Gasteiger partial charge in [0.2, 0.25) is 0 Å². The van der Waals surface area contributed by atoms with Gasteiger partial charge in [-0.1, -0.05) is 56.1 Å². The molecule has 0 spiro atoms. The molecule has 2 aliphatic rings. The quantitative estimate of drug-likeness (QED) is 0.108. The summed E-state index contributed by atoms with van der Waals surface area (Å²) >= 11 is 6.93. The number of benzene rings is 2. The molecule has 0 amide bonds. The number of nitrogens with zero attached hydrogens (tertiary/aromatic N) is 2. The van der Waals surface area contributed by atoms with E-state index in [0.717, 1.165) is 102 Å². The lowest BCUT2D eigenvalue weighted by Gasteiger charge is -2.08. The number of ether oxygens (including phenoxy) is 2. The first-order valence-corrected chi connectivity index (χ1v) is 17.6. The number of hydrogen-bond acceptors (Lipinski definition) is 4. The summed E-state index contributed by atoms with van der Waals surface area (Å²) in [7, 11) is 0. The zero-order valence-corrected chi connectivity index (χ0v) is 28.3. The Morgan fingerprint density at radius 3 is 1.43 bits per heavy atom. The first kappa shape index (κ1) is 30.3. The minimum atomic E-state index is 0.674. The standard InChI is InChI=1S/C38H32Br2N4O2/c39-19-1-21-45-31-11-3-25(4-12-31)37-33-15-7-27(41-33)23-29-9-17-35(43-29)38(26-5-13-32(14-6-26)46-22-2-20-40)36-18-10-30(44-36)24-28-8-16-34(37)42-28/h3-18,23-24,41-42H,1-2,19-22H2. The Bertz CT molecular complexity index is 1980. The Balaban J connectivity index is 1.37. The van der Waals surface area contributed by atoms with Crippen molar-refractivity contribution in [2.24, 2.45) is 0 Å². The molecule has 0 saturated heterocycles. The van der Waals surface area contributed by atoms with Crippen molar-refractivity contribution in [3.05, 3.63) is 108 Å². The average Bonchev–Trinajstić information content (AvgIpc) is 3.90. The van der Waals surface area contributed by atoms with Crippen LogP contribution < -0.4 is 9.47 Å². The highest BCUT2D eigenvalue weighted by Crippen LogP contribution is 2.33. The smallest absolute Gasteiger partial charge is 0.119 e. The Labute approximate surface area is 284 Å². The third-order valence-corrected chi connectivity index (χ3v) is 8.90. The summed E-state index contributed by atoms with van der Waals surface area (Å²) in [6.45, 7) is 1.35. The number of aromatic nitrogens is 4. The molecule has 5 heterocycles. The predicted molar refractivity (Wildman–Crippen MR) is 198 cm³/mol. The molecule has 0 atom stereocenters. The molecule has 5 aromatic rings. The summed E-state index contributed by atoms with van der Waals surface area (Å²) in [5.74, 6) is 1.71. The van der Waals surface area contributed by atoms with Crippen molar-refractivity contribution < 1.29 is 9.47 Å². The minimum absolute atomic E-state index is 0.674. The van der Waals surface area contributed by atoms with Crippen LogP contribution in [0.1, 0.15) is 35.6 Å². The molecular formula is C38H32Br2N4O2. The van der Waals surface area contributed by atoms with Crippen LogP contribution in [0.15, 0.2) is 84.9 Å². The maximum atomic E-state index is 5.90. The van der Waals surface area contributed by atoms with Crippen LogP contribution in [0.4, 0.5) is 0 Å². The van der Waals surface area contributed by atoms with Gasteiger partial charge in [-0.15, -0.1) is 0 Å². The number of H-pyrrole nitrogens is 2. The number of hydrogen-bond donors (Lipinski definition) is 2. The molecule has 8 heteroatoms. The van der Waals surface area contributed by atoms with Crippen LogP contribution in [-0.4, -0.2) is 43.8 Å². The molecule has 8 bridgehead atoms. The number of nitrogens with one attached hydrogen (secondary N) is 2. The topological polar surface area (TPSA) is 75.8 Å². The maximum Gasteiger partial charge on any atom is 0.119 e. The Hall–Kier alpha value is -4.40. The highest BCUT2D eigenvalue weighted by Gasteiger charge is 2.15. The largest absolute Gasteiger partial charge is 0.494 e. The van der Waals surface area contributed by atoms with Gasteiger partial charge in [-0.2, -0.15) is 0 Å². The van der Waals surface area contributed by atoms with E-state index in [-0.39, 0.29) is 0 Å². The van der Waals surface area contributed by atoms with Crippen LogP contribution >= 0.6 is 31.9 Å². The van der Waals surface area contributed by atoms with Gasteiger partial charge in [0, 0.05) is 43.9 Å². The molecule has 2 N–H and O–H groups in total. The second-order valence-electron chi connectivity index (χ2n) is 11.0. The molecule has 6 nitrogen and oxygen atoms in total. The molecule has 2 aliphatic heterocycles. The van der Waals surface area contributed by atoms with Crippen LogP contribution in [0.2, 0.25) is 0 Å². The number of fused-ring (bicyclic) bond motifs is 8. The molecular weight excluding hydrogens is 704 g/mol. The Morgan fingerprint density at radius 1 is 0.522 bits per heavy atom. The van der Waals surface area contributed by atoms with Crippen LogP contribution in [-0.2, 0) is 0 Å². The van der Waals surface area contributed by atoms with E-state index in [9.17, 15) is 0 Å². The lowest BCUT2D eigenvalue weighted by Crippen LogP contribution is -1.97. The van der Waals surface area contributed by atoms with Gasteiger partial charge in [-0.25, -0.2) is 9.97 Å². The van der Waals surface area contributed by atoms with Crippen LogP contribution in [0.25, 0.3) is 68.6 Å². The van der Waals surface area contributed by atoms with Gasteiger partial charge in [-0.05, 0) is 109 Å². The molecule has 0 saturated carbocycles. The van der Waals surface area contributed by atoms with Crippen molar-refractivity contribution in [1.82, 2.24) is 19.9 Å². The van der Waals surface area contributed by atoms with E-state index in [2.05, 4.69) is 127 Å². The minimum Gasteiger partial charge on any atom is -0.494 e. The van der Waals surface area contributed by atoms with Crippen molar-refractivity contribution in [1.29, 1.82) is 0 Å². The fourth-order valence-electron chi connectivity index (χ4n) is 5.61. The average molecular weight is 737 g/mol. The van der Waals surface area contributed by atoms with Crippen molar-refractivity contribution in [2.75, 3.05) is 23.9 Å². The highest BCUT2D eigenvalue weighted by atomic mass is 79.9. The van der Waals surface area contributed by atoms with E-state index in [1.807, 2.05) is 24.3 Å². The van der Waals surface area contributed by atoms with E-state index >= 15 is 0 Å². The Kier molecular flexibility index (Phi) is 9.17. The summed E-state index contributed by atoms with van der Waals surface area (Å²) in [6, 6.07) is 29.1. The normalized spacial score (nSPS) is 12.0. The third kappa shape index (κ3) is 6.73. The third-order valence-electron chi connectivity index (χ3n) is 7.78. The van der Waals surface area contributed by atoms with Gasteiger partial charge in [0.1, 0.15) is 11.5 Å². The zero-order valence-electron chi connectivity index (χ0n) is 25.1. The lowest BCUT2D eigenvalue weighted by molar-refractivity contribution is 0.319. The van der Waals surface area contributed by atoms with Crippen LogP contribution in [0.3, 0.4) is 0 Å². The van der Waals surface area contributed by atoms with E-state index in [1.165, 1.54) is 0 Å². The van der Waals surface area contributed by atoms with Gasteiger partial charge in [-0.3, -0.25) is 0 Å². The molecule has 0 unspecified atom stereocenters. The van der Waals surface area contributed by atoms with Crippen molar-refractivity contribution in [3.8, 4) is 33.8 Å². The van der Waals surface area contributed by atoms with Crippen LogP contribution in [0, 0.1) is 0 Å². The van der Waals surface area contributed by atoms with E-state index in [1.54, 1.807) is 0 Å². The highest BCUT2D eigenvalue weighted by molar-refractivity contribution is 9.09. The SMILES string of the molecule is BrCCCOc1ccc(-c2c3nc(cc4ccc([nH]4)c(-c4ccc(OCCCBr)cc4)c4ccc(cc5nc2C=C5)[nH]4)C=C3)cc1. The first-order chi connectivity index (χ1) is 22.7. The lowest BCUT2D eigenvalue weighted by atomic mass is 10.0. The summed E-state index contributed by atoms with van der Waals surface area (Å²) in [5.41, 5.74) is 11.6. The van der Waals surface area contributed by atoms with Gasteiger partial charge < -0.3 is 19.4 Å². The van der Waals surface area contributed by atoms with Gasteiger partial charge in [0.25, 0.3) is 0 Å². The van der Waals surface area contributed by atoms with E-state index < -0.39 is 0 Å². The number of aromatic amines is 2. The predicted octanol–water partition coefficient (Wildman–Crippen LogP) is 10.3. The molecule has 3 aromatic heterocycles. The van der Waals surface area contributed by atoms with Crippen molar-refractivity contribution in [3.63, 3.8) is 0 Å². The molecule has 0 radical (unpaired) electrons. The van der Waals surface area contributed by atoms with Gasteiger partial charge in [0.15, 0.2) is 0 Å². The molecule has 0 aliphatic carbocycles. The fraction of sp³-hybridized carbons (Fsp3) is 0.158. The van der Waals surface area contributed by atoms with Gasteiger partial charge >= 0.3 is 0 Å².